The Morgan fingerprint density at radius 2 is 2.17 bits per heavy atom. The zero-order valence-corrected chi connectivity index (χ0v) is 8.61. The molecule has 0 saturated heterocycles. The van der Waals surface area contributed by atoms with Crippen LogP contribution in [-0.4, -0.2) is 6.61 Å². The summed E-state index contributed by atoms with van der Waals surface area (Å²) < 4.78 is 5.36. The van der Waals surface area contributed by atoms with Gasteiger partial charge in [0.05, 0.1) is 11.6 Å². The summed E-state index contributed by atoms with van der Waals surface area (Å²) in [5.41, 5.74) is 0.958. The minimum Gasteiger partial charge on any atom is -0.492 e. The number of allylic oxidation sites excluding steroid dienone is 4. The van der Waals surface area contributed by atoms with Crippen molar-refractivity contribution in [1.29, 1.82) is 0 Å². The fourth-order valence-corrected chi connectivity index (χ4v) is 0.943. The molecule has 1 nitrogen and oxygen atoms in total. The molecule has 0 radical (unpaired) electrons. The molecule has 0 amide bonds. The maximum absolute atomic E-state index is 5.91. The van der Waals surface area contributed by atoms with E-state index in [1.807, 2.05) is 20.8 Å². The second-order valence-corrected chi connectivity index (χ2v) is 2.69. The number of hydrogen-bond acceptors (Lipinski definition) is 1. The smallest absolute Gasteiger partial charge is 0.140 e. The van der Waals surface area contributed by atoms with E-state index in [1.165, 1.54) is 0 Å². The molecule has 68 valence electrons. The molecule has 0 saturated carbocycles. The first-order valence-electron chi connectivity index (χ1n) is 3.95. The zero-order chi connectivity index (χ0) is 9.56. The lowest BCUT2D eigenvalue weighted by Gasteiger charge is -2.09. The normalized spacial score (nSPS) is 13.8. The molecule has 0 aliphatic rings. The van der Waals surface area contributed by atoms with E-state index in [0.29, 0.717) is 11.6 Å². The van der Waals surface area contributed by atoms with Crippen LogP contribution in [0.1, 0.15) is 20.8 Å². The third-order valence-electron chi connectivity index (χ3n) is 1.42. The first-order chi connectivity index (χ1) is 5.67. The van der Waals surface area contributed by atoms with Crippen molar-refractivity contribution in [3.05, 3.63) is 35.1 Å². The molecule has 0 spiro atoms. The van der Waals surface area contributed by atoms with Gasteiger partial charge in [-0.25, -0.2) is 0 Å². The summed E-state index contributed by atoms with van der Waals surface area (Å²) in [6, 6.07) is 0. The van der Waals surface area contributed by atoms with Crippen LogP contribution in [-0.2, 0) is 4.74 Å². The van der Waals surface area contributed by atoms with Gasteiger partial charge in [0.15, 0.2) is 0 Å². The average molecular weight is 187 g/mol. The summed E-state index contributed by atoms with van der Waals surface area (Å²) in [5.74, 6) is 0.719. The lowest BCUT2D eigenvalue weighted by molar-refractivity contribution is 0.238. The predicted molar refractivity (Wildman–Crippen MR) is 54.1 cm³/mol. The summed E-state index contributed by atoms with van der Waals surface area (Å²) in [6.45, 7) is 9.99. The summed E-state index contributed by atoms with van der Waals surface area (Å²) in [7, 11) is 0. The van der Waals surface area contributed by atoms with Crippen molar-refractivity contribution in [2.75, 3.05) is 6.61 Å². The van der Waals surface area contributed by atoms with Crippen LogP contribution < -0.4 is 0 Å². The summed E-state index contributed by atoms with van der Waals surface area (Å²) in [5, 5.41) is 0.634. The van der Waals surface area contributed by atoms with Crippen LogP contribution in [0.4, 0.5) is 0 Å². The molecular weight excluding hydrogens is 172 g/mol. The van der Waals surface area contributed by atoms with Crippen molar-refractivity contribution >= 4 is 11.6 Å². The summed E-state index contributed by atoms with van der Waals surface area (Å²) >= 11 is 5.91. The molecule has 2 heteroatoms. The Morgan fingerprint density at radius 1 is 1.58 bits per heavy atom. The van der Waals surface area contributed by atoms with Gasteiger partial charge in [0, 0.05) is 0 Å². The fraction of sp³-hybridized carbons (Fsp3) is 0.400. The van der Waals surface area contributed by atoms with Gasteiger partial charge >= 0.3 is 0 Å². The second-order valence-electron chi connectivity index (χ2n) is 2.29. The molecule has 0 fully saturated rings. The van der Waals surface area contributed by atoms with Crippen LogP contribution in [0.3, 0.4) is 0 Å². The third kappa shape index (κ3) is 3.14. The summed E-state index contributed by atoms with van der Waals surface area (Å²) in [4.78, 5) is 0. The molecule has 0 aromatic carbocycles. The molecule has 0 aliphatic carbocycles. The van der Waals surface area contributed by atoms with Crippen LogP contribution in [0, 0.1) is 0 Å². The molecule has 0 heterocycles. The standard InChI is InChI=1S/C10H15ClO/c1-5-8(4)10(12-7-3)9(11)6-2/h5-6H,1,7H2,2-4H3/b9-6+,10-8+. The van der Waals surface area contributed by atoms with Gasteiger partial charge in [-0.15, -0.1) is 0 Å². The van der Waals surface area contributed by atoms with E-state index in [1.54, 1.807) is 12.2 Å². The molecule has 0 atom stereocenters. The van der Waals surface area contributed by atoms with Gasteiger partial charge in [-0.3, -0.25) is 0 Å². The molecule has 0 aromatic rings. The van der Waals surface area contributed by atoms with E-state index >= 15 is 0 Å². The fourth-order valence-electron chi connectivity index (χ4n) is 0.739. The van der Waals surface area contributed by atoms with Crippen LogP contribution >= 0.6 is 11.6 Å². The molecule has 0 N–H and O–H groups in total. The lowest BCUT2D eigenvalue weighted by atomic mass is 10.2. The van der Waals surface area contributed by atoms with Crippen molar-refractivity contribution in [3.8, 4) is 0 Å². The van der Waals surface area contributed by atoms with Crippen LogP contribution in [0.15, 0.2) is 35.1 Å². The third-order valence-corrected chi connectivity index (χ3v) is 1.81. The molecule has 0 aliphatic heterocycles. The molecule has 12 heavy (non-hydrogen) atoms. The monoisotopic (exact) mass is 186 g/mol. The van der Waals surface area contributed by atoms with Gasteiger partial charge in [-0.2, -0.15) is 0 Å². The highest BCUT2D eigenvalue weighted by Crippen LogP contribution is 2.20. The Balaban J connectivity index is 4.77. The van der Waals surface area contributed by atoms with E-state index in [-0.39, 0.29) is 0 Å². The Bertz CT molecular complexity index is 214. The van der Waals surface area contributed by atoms with Crippen molar-refractivity contribution in [3.63, 3.8) is 0 Å². The SMILES string of the molecule is C=C/C(C)=C(OCC)\C(Cl)=C/C. The van der Waals surface area contributed by atoms with Crippen LogP contribution in [0.5, 0.6) is 0 Å². The summed E-state index contributed by atoms with van der Waals surface area (Å²) in [6.07, 6.45) is 3.54. The van der Waals surface area contributed by atoms with Gasteiger partial charge in [-0.05, 0) is 26.3 Å². The van der Waals surface area contributed by atoms with Gasteiger partial charge in [0.1, 0.15) is 5.76 Å². The minimum absolute atomic E-state index is 0.616. The number of halogens is 1. The second kappa shape index (κ2) is 5.90. The van der Waals surface area contributed by atoms with Crippen molar-refractivity contribution in [2.45, 2.75) is 20.8 Å². The van der Waals surface area contributed by atoms with Gasteiger partial charge in [0.2, 0.25) is 0 Å². The number of ether oxygens (including phenoxy) is 1. The highest BCUT2D eigenvalue weighted by molar-refractivity contribution is 6.31. The molecule has 0 bridgehead atoms. The average Bonchev–Trinajstić information content (AvgIpc) is 2.11. The zero-order valence-electron chi connectivity index (χ0n) is 7.86. The molecular formula is C10H15ClO. The Morgan fingerprint density at radius 3 is 2.50 bits per heavy atom. The van der Waals surface area contributed by atoms with E-state index in [9.17, 15) is 0 Å². The van der Waals surface area contributed by atoms with E-state index < -0.39 is 0 Å². The predicted octanol–water partition coefficient (Wildman–Crippen LogP) is 3.63. The Labute approximate surface area is 79.4 Å². The Hall–Kier alpha value is -0.690. The molecule has 0 unspecified atom stereocenters. The molecule has 0 rings (SSSR count). The van der Waals surface area contributed by atoms with Gasteiger partial charge in [0.25, 0.3) is 0 Å². The lowest BCUT2D eigenvalue weighted by Crippen LogP contribution is -1.94. The maximum atomic E-state index is 5.91. The quantitative estimate of drug-likeness (QED) is 0.481. The van der Waals surface area contributed by atoms with Crippen molar-refractivity contribution in [1.82, 2.24) is 0 Å². The van der Waals surface area contributed by atoms with Gasteiger partial charge < -0.3 is 4.74 Å². The number of hydrogen-bond donors (Lipinski definition) is 0. The van der Waals surface area contributed by atoms with Crippen molar-refractivity contribution < 1.29 is 4.74 Å². The van der Waals surface area contributed by atoms with E-state index in [0.717, 1.165) is 11.3 Å². The number of rotatable bonds is 4. The molecule has 0 aromatic heterocycles. The van der Waals surface area contributed by atoms with Gasteiger partial charge in [-0.1, -0.05) is 30.3 Å². The maximum Gasteiger partial charge on any atom is 0.140 e. The van der Waals surface area contributed by atoms with E-state index in [4.69, 9.17) is 16.3 Å². The Kier molecular flexibility index (Phi) is 5.56. The largest absolute Gasteiger partial charge is 0.492 e. The first kappa shape index (κ1) is 11.3. The minimum atomic E-state index is 0.616. The van der Waals surface area contributed by atoms with Crippen LogP contribution in [0.2, 0.25) is 0 Å². The highest BCUT2D eigenvalue weighted by Gasteiger charge is 2.04. The van der Waals surface area contributed by atoms with Crippen molar-refractivity contribution in [2.24, 2.45) is 0 Å². The van der Waals surface area contributed by atoms with Crippen LogP contribution in [0.25, 0.3) is 0 Å². The van der Waals surface area contributed by atoms with E-state index in [2.05, 4.69) is 6.58 Å². The topological polar surface area (TPSA) is 9.23 Å². The highest BCUT2D eigenvalue weighted by atomic mass is 35.5. The first-order valence-corrected chi connectivity index (χ1v) is 4.33.